The number of carbonyl (C=O) groups excluding carboxylic acids is 1. The summed E-state index contributed by atoms with van der Waals surface area (Å²) in [6, 6.07) is 5.67. The maximum atomic E-state index is 11.3. The number of benzene rings is 1. The summed E-state index contributed by atoms with van der Waals surface area (Å²) in [7, 11) is 0. The van der Waals surface area contributed by atoms with E-state index in [1.54, 1.807) is 0 Å². The Morgan fingerprint density at radius 1 is 1.41 bits per heavy atom. The summed E-state index contributed by atoms with van der Waals surface area (Å²) in [6.07, 6.45) is -0.150. The van der Waals surface area contributed by atoms with Crippen molar-refractivity contribution >= 4 is 37.6 Å². The van der Waals surface area contributed by atoms with Crippen LogP contribution in [-0.2, 0) is 9.53 Å². The van der Waals surface area contributed by atoms with E-state index in [-0.39, 0.29) is 11.9 Å². The molecule has 1 aromatic rings. The molecule has 1 fully saturated rings. The van der Waals surface area contributed by atoms with Crippen LogP contribution in [0.25, 0.3) is 0 Å². The monoisotopic (exact) mass is 362 g/mol. The highest BCUT2D eigenvalue weighted by Crippen LogP contribution is 2.32. The van der Waals surface area contributed by atoms with E-state index in [1.165, 1.54) is 0 Å². The molecule has 0 spiro atoms. The molecular weight excluding hydrogens is 352 g/mol. The van der Waals surface area contributed by atoms with Gasteiger partial charge in [-0.25, -0.2) is 0 Å². The lowest BCUT2D eigenvalue weighted by Crippen LogP contribution is -2.52. The van der Waals surface area contributed by atoms with Crippen LogP contribution in [-0.4, -0.2) is 24.6 Å². The molecule has 0 aliphatic heterocycles. The zero-order valence-electron chi connectivity index (χ0n) is 9.28. The van der Waals surface area contributed by atoms with E-state index in [0.717, 1.165) is 14.7 Å². The lowest BCUT2D eigenvalue weighted by atomic mass is 9.90. The van der Waals surface area contributed by atoms with Gasteiger partial charge in [0.05, 0.1) is 4.47 Å². The molecule has 92 valence electrons. The number of ketones is 1. The van der Waals surface area contributed by atoms with Crippen molar-refractivity contribution in [3.8, 4) is 5.75 Å². The number of rotatable bonds is 4. The zero-order valence-corrected chi connectivity index (χ0v) is 12.5. The van der Waals surface area contributed by atoms with E-state index in [9.17, 15) is 4.79 Å². The number of hydrogen-bond donors (Lipinski definition) is 0. The summed E-state index contributed by atoms with van der Waals surface area (Å²) >= 11 is 6.80. The summed E-state index contributed by atoms with van der Waals surface area (Å²) in [4.78, 5) is 11.3. The predicted molar refractivity (Wildman–Crippen MR) is 71.3 cm³/mol. The first-order chi connectivity index (χ1) is 8.11. The third-order valence-electron chi connectivity index (χ3n) is 2.58. The van der Waals surface area contributed by atoms with Gasteiger partial charge in [-0.2, -0.15) is 0 Å². The van der Waals surface area contributed by atoms with Crippen molar-refractivity contribution in [1.82, 2.24) is 0 Å². The number of halogens is 2. The largest absolute Gasteiger partial charge is 0.486 e. The average Bonchev–Trinajstić information content (AvgIpc) is 2.28. The lowest BCUT2D eigenvalue weighted by Gasteiger charge is -2.34. The Morgan fingerprint density at radius 3 is 2.76 bits per heavy atom. The number of Topliss-reactive ketones (excluding diaryl/α,β-unsaturated/α-hetero) is 1. The first-order valence-electron chi connectivity index (χ1n) is 5.38. The maximum absolute atomic E-state index is 11.3. The van der Waals surface area contributed by atoms with Crippen molar-refractivity contribution in [2.75, 3.05) is 6.61 Å². The van der Waals surface area contributed by atoms with Gasteiger partial charge < -0.3 is 9.47 Å². The molecule has 0 amide bonds. The predicted octanol–water partition coefficient (Wildman–Crippen LogP) is 3.34. The van der Waals surface area contributed by atoms with Crippen LogP contribution < -0.4 is 4.74 Å². The van der Waals surface area contributed by atoms with Crippen LogP contribution in [0, 0.1) is 0 Å². The molecule has 3 nitrogen and oxygen atoms in total. The van der Waals surface area contributed by atoms with Gasteiger partial charge >= 0.3 is 0 Å². The number of hydrogen-bond acceptors (Lipinski definition) is 3. The molecule has 2 rings (SSSR count). The molecule has 1 aliphatic rings. The van der Waals surface area contributed by atoms with Crippen LogP contribution >= 0.6 is 31.9 Å². The molecule has 17 heavy (non-hydrogen) atoms. The molecule has 0 aromatic heterocycles. The molecule has 0 bridgehead atoms. The topological polar surface area (TPSA) is 35.5 Å². The summed E-state index contributed by atoms with van der Waals surface area (Å²) < 4.78 is 12.9. The Labute approximate surface area is 117 Å². The Bertz CT molecular complexity index is 434. The summed E-state index contributed by atoms with van der Waals surface area (Å²) in [5.74, 6) is 0.848. The number of carbonyl (C=O) groups is 1. The molecule has 5 heteroatoms. The third-order valence-corrected chi connectivity index (χ3v) is 3.69. The second-order valence-corrected chi connectivity index (χ2v) is 5.55. The van der Waals surface area contributed by atoms with Gasteiger partial charge in [-0.15, -0.1) is 0 Å². The van der Waals surface area contributed by atoms with E-state index in [0.29, 0.717) is 13.0 Å². The first-order valence-corrected chi connectivity index (χ1v) is 6.96. The standard InChI is InChI=1S/C12H12Br2O3/c1-2-16-12-9(15)6-11(12)17-10-4-3-7(13)5-8(10)14/h3-5,11-12H,2,6H2,1H3. The first kappa shape index (κ1) is 13.1. The van der Waals surface area contributed by atoms with Crippen LogP contribution in [0.5, 0.6) is 5.75 Å². The van der Waals surface area contributed by atoms with E-state index in [1.807, 2.05) is 25.1 Å². The zero-order chi connectivity index (χ0) is 12.4. The molecule has 1 aromatic carbocycles. The maximum Gasteiger partial charge on any atom is 0.169 e. The summed E-state index contributed by atoms with van der Waals surface area (Å²) in [5.41, 5.74) is 0. The molecule has 0 saturated heterocycles. The SMILES string of the molecule is CCOC1C(=O)CC1Oc1ccc(Br)cc1Br. The van der Waals surface area contributed by atoms with Crippen molar-refractivity contribution in [3.63, 3.8) is 0 Å². The fourth-order valence-electron chi connectivity index (χ4n) is 1.69. The summed E-state index contributed by atoms with van der Waals surface area (Å²) in [5, 5.41) is 0. The molecule has 1 saturated carbocycles. The highest BCUT2D eigenvalue weighted by atomic mass is 79.9. The van der Waals surface area contributed by atoms with Gasteiger partial charge in [-0.1, -0.05) is 15.9 Å². The Hall–Kier alpha value is -0.390. The molecule has 0 heterocycles. The Balaban J connectivity index is 2.04. The van der Waals surface area contributed by atoms with Gasteiger partial charge in [0.25, 0.3) is 0 Å². The van der Waals surface area contributed by atoms with Gasteiger partial charge in [-0.05, 0) is 41.1 Å². The van der Waals surface area contributed by atoms with Gasteiger partial charge in [0, 0.05) is 17.5 Å². The molecule has 1 aliphatic carbocycles. The highest BCUT2D eigenvalue weighted by molar-refractivity contribution is 9.11. The van der Waals surface area contributed by atoms with Crippen LogP contribution in [0.1, 0.15) is 13.3 Å². The Morgan fingerprint density at radius 2 is 2.18 bits per heavy atom. The smallest absolute Gasteiger partial charge is 0.169 e. The van der Waals surface area contributed by atoms with E-state index < -0.39 is 6.10 Å². The lowest BCUT2D eigenvalue weighted by molar-refractivity contribution is -0.154. The average molecular weight is 364 g/mol. The Kier molecular flexibility index (Phi) is 4.22. The van der Waals surface area contributed by atoms with Crippen molar-refractivity contribution < 1.29 is 14.3 Å². The van der Waals surface area contributed by atoms with Gasteiger partial charge in [-0.3, -0.25) is 4.79 Å². The molecule has 2 atom stereocenters. The highest BCUT2D eigenvalue weighted by Gasteiger charge is 2.42. The second kappa shape index (κ2) is 5.50. The quantitative estimate of drug-likeness (QED) is 0.823. The van der Waals surface area contributed by atoms with E-state index in [2.05, 4.69) is 31.9 Å². The minimum atomic E-state index is -0.407. The molecule has 0 N–H and O–H groups in total. The van der Waals surface area contributed by atoms with Crippen molar-refractivity contribution in [1.29, 1.82) is 0 Å². The van der Waals surface area contributed by atoms with E-state index >= 15 is 0 Å². The van der Waals surface area contributed by atoms with Gasteiger partial charge in [0.1, 0.15) is 11.9 Å². The van der Waals surface area contributed by atoms with Crippen molar-refractivity contribution in [3.05, 3.63) is 27.1 Å². The van der Waals surface area contributed by atoms with Gasteiger partial charge in [0.2, 0.25) is 0 Å². The second-order valence-electron chi connectivity index (χ2n) is 3.78. The minimum Gasteiger partial charge on any atom is -0.486 e. The van der Waals surface area contributed by atoms with Gasteiger partial charge in [0.15, 0.2) is 11.9 Å². The fraction of sp³-hybridized carbons (Fsp3) is 0.417. The van der Waals surface area contributed by atoms with Crippen LogP contribution in [0.2, 0.25) is 0 Å². The third kappa shape index (κ3) is 2.89. The van der Waals surface area contributed by atoms with Crippen molar-refractivity contribution in [2.45, 2.75) is 25.6 Å². The van der Waals surface area contributed by atoms with Crippen LogP contribution in [0.15, 0.2) is 27.1 Å². The molecule has 0 radical (unpaired) electrons. The van der Waals surface area contributed by atoms with E-state index in [4.69, 9.17) is 9.47 Å². The molecule has 2 unspecified atom stereocenters. The normalized spacial score (nSPS) is 23.4. The molecular formula is C12H12Br2O3. The van der Waals surface area contributed by atoms with Crippen molar-refractivity contribution in [2.24, 2.45) is 0 Å². The minimum absolute atomic E-state index is 0.116. The number of ether oxygens (including phenoxy) is 2. The van der Waals surface area contributed by atoms with Crippen LogP contribution in [0.4, 0.5) is 0 Å². The summed E-state index contributed by atoms with van der Waals surface area (Å²) in [6.45, 7) is 2.40. The van der Waals surface area contributed by atoms with Crippen LogP contribution in [0.3, 0.4) is 0 Å². The fourth-order valence-corrected chi connectivity index (χ4v) is 2.83.